The average Bonchev–Trinajstić information content (AvgIpc) is 2.15. The quantitative estimate of drug-likeness (QED) is 0.501. The number of nitrogens with two attached hydrogens (primary N) is 2. The van der Waals surface area contributed by atoms with Gasteiger partial charge in [0.25, 0.3) is 0 Å². The van der Waals surface area contributed by atoms with Gasteiger partial charge in [-0.3, -0.25) is 0 Å². The molecule has 0 aliphatic carbocycles. The first kappa shape index (κ1) is 9.31. The van der Waals surface area contributed by atoms with Crippen LogP contribution in [0.3, 0.4) is 0 Å². The second kappa shape index (κ2) is 4.30. The van der Waals surface area contributed by atoms with E-state index in [1.54, 1.807) is 19.4 Å². The first-order valence-electron chi connectivity index (χ1n) is 3.76. The van der Waals surface area contributed by atoms with E-state index in [0.29, 0.717) is 12.4 Å². The molecule has 1 heterocycles. The Balaban J connectivity index is 2.72. The van der Waals surface area contributed by atoms with E-state index in [0.717, 1.165) is 5.56 Å². The minimum absolute atomic E-state index is 0.0794. The number of nitrogens with zero attached hydrogens (tertiary/aromatic N) is 2. The van der Waals surface area contributed by atoms with E-state index in [-0.39, 0.29) is 5.96 Å². The highest BCUT2D eigenvalue weighted by Gasteiger charge is 1.95. The predicted molar refractivity (Wildman–Crippen MR) is 50.3 cm³/mol. The molecule has 4 N–H and O–H groups in total. The lowest BCUT2D eigenvalue weighted by atomic mass is 10.3. The second-order valence-corrected chi connectivity index (χ2v) is 2.45. The van der Waals surface area contributed by atoms with Crippen LogP contribution in [0.4, 0.5) is 0 Å². The van der Waals surface area contributed by atoms with Crippen LogP contribution in [0.1, 0.15) is 5.56 Å². The Hall–Kier alpha value is -1.78. The van der Waals surface area contributed by atoms with Crippen molar-refractivity contribution in [2.75, 3.05) is 7.11 Å². The Morgan fingerprint density at radius 2 is 2.38 bits per heavy atom. The number of pyridine rings is 1. The lowest BCUT2D eigenvalue weighted by molar-refractivity contribution is 0.397. The molecule has 1 aromatic heterocycles. The van der Waals surface area contributed by atoms with E-state index in [2.05, 4.69) is 9.98 Å². The van der Waals surface area contributed by atoms with Crippen molar-refractivity contribution < 1.29 is 4.74 Å². The fourth-order valence-electron chi connectivity index (χ4n) is 0.843. The first-order valence-corrected chi connectivity index (χ1v) is 3.76. The lowest BCUT2D eigenvalue weighted by Crippen LogP contribution is -2.22. The summed E-state index contributed by atoms with van der Waals surface area (Å²) in [6.45, 7) is 0.446. The molecule has 1 aromatic rings. The van der Waals surface area contributed by atoms with Gasteiger partial charge in [-0.05, 0) is 11.6 Å². The zero-order chi connectivity index (χ0) is 9.68. The van der Waals surface area contributed by atoms with Gasteiger partial charge in [0.05, 0.1) is 13.7 Å². The number of rotatable bonds is 3. The molecule has 1 rings (SSSR count). The van der Waals surface area contributed by atoms with Gasteiger partial charge in [-0.25, -0.2) is 9.98 Å². The number of aromatic nitrogens is 1. The molecular formula is C8H12N4O. The molecule has 0 aromatic carbocycles. The third-order valence-corrected chi connectivity index (χ3v) is 1.45. The number of guanidine groups is 1. The van der Waals surface area contributed by atoms with Gasteiger partial charge in [0.1, 0.15) is 0 Å². The Kier molecular flexibility index (Phi) is 3.08. The Morgan fingerprint density at radius 1 is 1.62 bits per heavy atom. The molecule has 0 amide bonds. The molecule has 0 atom stereocenters. The van der Waals surface area contributed by atoms with E-state index in [1.165, 1.54) is 0 Å². The van der Waals surface area contributed by atoms with Crippen molar-refractivity contribution in [1.29, 1.82) is 0 Å². The molecule has 0 fully saturated rings. The van der Waals surface area contributed by atoms with Crippen molar-refractivity contribution in [1.82, 2.24) is 4.98 Å². The molecular weight excluding hydrogens is 168 g/mol. The summed E-state index contributed by atoms with van der Waals surface area (Å²) in [5, 5.41) is 0. The third kappa shape index (κ3) is 2.98. The number of methoxy groups -OCH3 is 1. The van der Waals surface area contributed by atoms with Crippen LogP contribution in [-0.4, -0.2) is 18.1 Å². The molecule has 0 unspecified atom stereocenters. The van der Waals surface area contributed by atoms with Gasteiger partial charge in [-0.2, -0.15) is 0 Å². The maximum absolute atomic E-state index is 5.19. The monoisotopic (exact) mass is 180 g/mol. The van der Waals surface area contributed by atoms with E-state index in [9.17, 15) is 0 Å². The molecule has 5 heteroatoms. The summed E-state index contributed by atoms with van der Waals surface area (Å²) >= 11 is 0. The topological polar surface area (TPSA) is 86.5 Å². The van der Waals surface area contributed by atoms with E-state index in [4.69, 9.17) is 16.2 Å². The highest BCUT2D eigenvalue weighted by Crippen LogP contribution is 2.08. The SMILES string of the molecule is COc1cc(CN=C(N)N)ccn1. The zero-order valence-electron chi connectivity index (χ0n) is 7.40. The highest BCUT2D eigenvalue weighted by atomic mass is 16.5. The molecule has 0 bridgehead atoms. The molecule has 0 saturated carbocycles. The number of hydrogen-bond acceptors (Lipinski definition) is 3. The van der Waals surface area contributed by atoms with Gasteiger partial charge in [-0.1, -0.05) is 0 Å². The smallest absolute Gasteiger partial charge is 0.213 e. The van der Waals surface area contributed by atoms with Crippen molar-refractivity contribution in [3.8, 4) is 5.88 Å². The summed E-state index contributed by atoms with van der Waals surface area (Å²) in [7, 11) is 1.56. The number of ether oxygens (including phenoxy) is 1. The van der Waals surface area contributed by atoms with Crippen LogP contribution in [-0.2, 0) is 6.54 Å². The van der Waals surface area contributed by atoms with Gasteiger partial charge in [0, 0.05) is 12.3 Å². The van der Waals surface area contributed by atoms with Gasteiger partial charge in [0.15, 0.2) is 5.96 Å². The van der Waals surface area contributed by atoms with E-state index >= 15 is 0 Å². The van der Waals surface area contributed by atoms with Crippen molar-refractivity contribution in [3.05, 3.63) is 23.9 Å². The molecule has 0 saturated heterocycles. The van der Waals surface area contributed by atoms with Crippen LogP contribution < -0.4 is 16.2 Å². The molecule has 0 radical (unpaired) electrons. The summed E-state index contributed by atoms with van der Waals surface area (Å²) in [4.78, 5) is 7.81. The molecule has 0 spiro atoms. The van der Waals surface area contributed by atoms with Crippen LogP contribution in [0.2, 0.25) is 0 Å². The summed E-state index contributed by atoms with van der Waals surface area (Å²) in [6.07, 6.45) is 1.65. The fraction of sp³-hybridized carbons (Fsp3) is 0.250. The van der Waals surface area contributed by atoms with Crippen LogP contribution >= 0.6 is 0 Å². The van der Waals surface area contributed by atoms with E-state index in [1.807, 2.05) is 6.07 Å². The fourth-order valence-corrected chi connectivity index (χ4v) is 0.843. The zero-order valence-corrected chi connectivity index (χ0v) is 7.40. The predicted octanol–water partition coefficient (Wildman–Crippen LogP) is -0.136. The number of aliphatic imine (C=N–C) groups is 1. The van der Waals surface area contributed by atoms with Gasteiger partial charge in [0.2, 0.25) is 5.88 Å². The van der Waals surface area contributed by atoms with Crippen LogP contribution in [0, 0.1) is 0 Å². The van der Waals surface area contributed by atoms with Crippen LogP contribution in [0.5, 0.6) is 5.88 Å². The Labute approximate surface area is 76.4 Å². The standard InChI is InChI=1S/C8H12N4O/c1-13-7-4-6(2-3-11-7)5-12-8(9)10/h2-4H,5H2,1H3,(H4,9,10,12). The number of hydrogen-bond donors (Lipinski definition) is 2. The molecule has 0 aliphatic rings. The second-order valence-electron chi connectivity index (χ2n) is 2.45. The minimum atomic E-state index is 0.0794. The van der Waals surface area contributed by atoms with Gasteiger partial charge < -0.3 is 16.2 Å². The van der Waals surface area contributed by atoms with Crippen LogP contribution in [0.15, 0.2) is 23.3 Å². The van der Waals surface area contributed by atoms with Crippen molar-refractivity contribution >= 4 is 5.96 Å². The molecule has 0 aliphatic heterocycles. The maximum atomic E-state index is 5.19. The molecule has 70 valence electrons. The normalized spacial score (nSPS) is 9.31. The van der Waals surface area contributed by atoms with Crippen molar-refractivity contribution in [2.45, 2.75) is 6.54 Å². The van der Waals surface area contributed by atoms with E-state index < -0.39 is 0 Å². The molecule has 13 heavy (non-hydrogen) atoms. The third-order valence-electron chi connectivity index (χ3n) is 1.45. The summed E-state index contributed by atoms with van der Waals surface area (Å²) < 4.78 is 4.94. The van der Waals surface area contributed by atoms with Gasteiger partial charge in [-0.15, -0.1) is 0 Å². The lowest BCUT2D eigenvalue weighted by Gasteiger charge is -2.00. The summed E-state index contributed by atoms with van der Waals surface area (Å²) in [6, 6.07) is 3.61. The average molecular weight is 180 g/mol. The van der Waals surface area contributed by atoms with Gasteiger partial charge >= 0.3 is 0 Å². The van der Waals surface area contributed by atoms with Crippen molar-refractivity contribution in [2.24, 2.45) is 16.5 Å². The van der Waals surface area contributed by atoms with Crippen molar-refractivity contribution in [3.63, 3.8) is 0 Å². The highest BCUT2D eigenvalue weighted by molar-refractivity contribution is 5.75. The minimum Gasteiger partial charge on any atom is -0.481 e. The Bertz CT molecular complexity index is 307. The Morgan fingerprint density at radius 3 is 3.00 bits per heavy atom. The largest absolute Gasteiger partial charge is 0.481 e. The maximum Gasteiger partial charge on any atom is 0.213 e. The first-order chi connectivity index (χ1) is 6.22. The summed E-state index contributed by atoms with van der Waals surface area (Å²) in [5.74, 6) is 0.638. The van der Waals surface area contributed by atoms with Crippen LogP contribution in [0.25, 0.3) is 0 Å². The molecule has 5 nitrogen and oxygen atoms in total. The summed E-state index contributed by atoms with van der Waals surface area (Å²) in [5.41, 5.74) is 11.3.